The van der Waals surface area contributed by atoms with Crippen LogP contribution in [0.2, 0.25) is 0 Å². The minimum Gasteiger partial charge on any atom is -0.462 e. The Balaban J connectivity index is 2.12. The molecule has 5 nitrogen and oxygen atoms in total. The number of hydroxylamine groups is 2. The summed E-state index contributed by atoms with van der Waals surface area (Å²) in [6.07, 6.45) is 44.1. The molecule has 0 N–H and O–H groups in total. The van der Waals surface area contributed by atoms with Crippen molar-refractivity contribution in [3.8, 4) is 0 Å². The summed E-state index contributed by atoms with van der Waals surface area (Å²) in [4.78, 5) is 19.4. The Hall–Kier alpha value is -0.650. The molecule has 0 bridgehead atoms. The van der Waals surface area contributed by atoms with Gasteiger partial charge in [-0.1, -0.05) is 200 Å². The first-order chi connectivity index (χ1) is 25.9. The molecule has 0 atom stereocenters. The number of rotatable bonds is 38. The summed E-state index contributed by atoms with van der Waals surface area (Å²) in [5.41, 5.74) is -0.838. The van der Waals surface area contributed by atoms with Crippen LogP contribution in [0.15, 0.2) is 0 Å². The molecule has 1 rings (SSSR count). The van der Waals surface area contributed by atoms with E-state index in [9.17, 15) is 4.79 Å². The number of hydrogen-bond acceptors (Lipinski definition) is 5. The fourth-order valence-electron chi connectivity index (χ4n) is 8.75. The second-order valence-corrected chi connectivity index (χ2v) is 19.3. The molecule has 1 heterocycles. The highest BCUT2D eigenvalue weighted by Gasteiger charge is 2.48. The van der Waals surface area contributed by atoms with Gasteiger partial charge in [0.05, 0.1) is 12.2 Å². The minimum absolute atomic E-state index is 0.0284. The Kier molecular flexibility index (Phi) is 30.7. The van der Waals surface area contributed by atoms with Gasteiger partial charge in [0.15, 0.2) is 0 Å². The maximum absolute atomic E-state index is 12.8. The third-order valence-corrected chi connectivity index (χ3v) is 11.9. The lowest BCUT2D eigenvalue weighted by molar-refractivity contribution is -0.309. The summed E-state index contributed by atoms with van der Waals surface area (Å²) in [6.45, 7) is 19.0. The second-order valence-electron chi connectivity index (χ2n) is 19.3. The van der Waals surface area contributed by atoms with E-state index >= 15 is 0 Å². The minimum atomic E-state index is -0.349. The summed E-state index contributed by atoms with van der Waals surface area (Å²) in [6, 6.07) is 0. The molecule has 0 saturated carbocycles. The van der Waals surface area contributed by atoms with Gasteiger partial charge >= 0.3 is 5.97 Å². The van der Waals surface area contributed by atoms with Crippen molar-refractivity contribution in [1.82, 2.24) is 5.06 Å². The number of nitrogens with zero attached hydrogens (tertiary/aromatic N) is 1. The van der Waals surface area contributed by atoms with Crippen molar-refractivity contribution in [2.45, 2.75) is 296 Å². The fourth-order valence-corrected chi connectivity index (χ4v) is 8.75. The number of carbonyl (C=O) groups is 1. The predicted molar refractivity (Wildman–Crippen MR) is 234 cm³/mol. The van der Waals surface area contributed by atoms with Crippen LogP contribution in [0.4, 0.5) is 0 Å². The third-order valence-electron chi connectivity index (χ3n) is 11.9. The largest absolute Gasteiger partial charge is 0.462 e. The first-order valence-corrected chi connectivity index (χ1v) is 24.2. The molecule has 0 aromatic heterocycles. The topological polar surface area (TPSA) is 48.0 Å². The molecule has 54 heavy (non-hydrogen) atoms. The van der Waals surface area contributed by atoms with Crippen LogP contribution in [0.1, 0.15) is 274 Å². The van der Waals surface area contributed by atoms with E-state index in [-0.39, 0.29) is 28.8 Å². The lowest BCUT2D eigenvalue weighted by Gasteiger charge is -2.53. The van der Waals surface area contributed by atoms with Gasteiger partial charge in [-0.2, -0.15) is 5.06 Å². The van der Waals surface area contributed by atoms with E-state index in [1.807, 2.05) is 0 Å². The van der Waals surface area contributed by atoms with E-state index in [1.54, 1.807) is 0 Å². The van der Waals surface area contributed by atoms with Crippen molar-refractivity contribution in [3.05, 3.63) is 0 Å². The molecule has 0 radical (unpaired) electrons. The van der Waals surface area contributed by atoms with Crippen molar-refractivity contribution in [2.75, 3.05) is 13.2 Å². The maximum Gasteiger partial charge on any atom is 0.306 e. The average Bonchev–Trinajstić information content (AvgIpc) is 3.10. The Morgan fingerprint density at radius 2 is 0.833 bits per heavy atom. The predicted octanol–water partition coefficient (Wildman–Crippen LogP) is 15.8. The molecule has 1 fully saturated rings. The number of carbonyl (C=O) groups excluding carboxylic acids is 1. The molecule has 0 unspecified atom stereocenters. The van der Waals surface area contributed by atoms with E-state index in [0.717, 1.165) is 38.7 Å². The van der Waals surface area contributed by atoms with Gasteiger partial charge in [0.2, 0.25) is 0 Å². The molecule has 0 amide bonds. The number of hydrogen-bond donors (Lipinski definition) is 0. The highest BCUT2D eigenvalue weighted by molar-refractivity contribution is 5.69. The van der Waals surface area contributed by atoms with Crippen molar-refractivity contribution in [1.29, 1.82) is 0 Å². The quantitative estimate of drug-likeness (QED) is 0.0463. The smallest absolute Gasteiger partial charge is 0.306 e. The molecular weight excluding hydrogens is 667 g/mol. The average molecular weight is 764 g/mol. The Labute approximate surface area is 338 Å². The van der Waals surface area contributed by atoms with Crippen molar-refractivity contribution >= 4 is 5.97 Å². The Bertz CT molecular complexity index is 837. The SMILES string of the molecule is CCCCCCCCCCCCCCCCCCOC(C)(C)CON1C(C)(C)CC(OC(=O)CCCCCCCCCCCCCCCCC)CC1(C)C. The van der Waals surface area contributed by atoms with Gasteiger partial charge in [0.25, 0.3) is 0 Å². The summed E-state index contributed by atoms with van der Waals surface area (Å²) >= 11 is 0. The van der Waals surface area contributed by atoms with Gasteiger partial charge in [-0.15, -0.1) is 0 Å². The summed E-state index contributed by atoms with van der Waals surface area (Å²) in [7, 11) is 0. The highest BCUT2D eigenvalue weighted by atomic mass is 16.7. The van der Waals surface area contributed by atoms with Crippen molar-refractivity contribution in [3.63, 3.8) is 0 Å². The van der Waals surface area contributed by atoms with E-state index in [1.165, 1.54) is 180 Å². The molecular formula is C49H97NO4. The van der Waals surface area contributed by atoms with Crippen molar-refractivity contribution in [2.24, 2.45) is 0 Å². The van der Waals surface area contributed by atoms with Crippen LogP contribution in [-0.4, -0.2) is 47.0 Å². The van der Waals surface area contributed by atoms with Crippen LogP contribution in [0.3, 0.4) is 0 Å². The summed E-state index contributed by atoms with van der Waals surface area (Å²) in [5, 5.41) is 2.17. The lowest BCUT2D eigenvalue weighted by atomic mass is 9.80. The van der Waals surface area contributed by atoms with Gasteiger partial charge in [-0.3, -0.25) is 9.63 Å². The van der Waals surface area contributed by atoms with Crippen LogP contribution >= 0.6 is 0 Å². The molecule has 0 spiro atoms. The second kappa shape index (κ2) is 32.3. The van der Waals surface area contributed by atoms with Crippen LogP contribution in [-0.2, 0) is 19.1 Å². The van der Waals surface area contributed by atoms with Crippen LogP contribution in [0, 0.1) is 0 Å². The first-order valence-electron chi connectivity index (χ1n) is 24.2. The number of esters is 1. The monoisotopic (exact) mass is 764 g/mol. The highest BCUT2D eigenvalue weighted by Crippen LogP contribution is 2.40. The zero-order valence-electron chi connectivity index (χ0n) is 38.1. The van der Waals surface area contributed by atoms with E-state index in [0.29, 0.717) is 13.0 Å². The van der Waals surface area contributed by atoms with Gasteiger partial charge < -0.3 is 9.47 Å². The molecule has 5 heteroatoms. The first kappa shape index (κ1) is 51.4. The van der Waals surface area contributed by atoms with Crippen molar-refractivity contribution < 1.29 is 19.1 Å². The van der Waals surface area contributed by atoms with Gasteiger partial charge in [-0.25, -0.2) is 0 Å². The maximum atomic E-state index is 12.8. The lowest BCUT2D eigenvalue weighted by Crippen LogP contribution is -2.62. The third kappa shape index (κ3) is 27.9. The summed E-state index contributed by atoms with van der Waals surface area (Å²) in [5.74, 6) is -0.0284. The molecule has 1 aliphatic heterocycles. The van der Waals surface area contributed by atoms with Gasteiger partial charge in [-0.05, 0) is 54.4 Å². The normalized spacial score (nSPS) is 16.3. The molecule has 0 aromatic carbocycles. The van der Waals surface area contributed by atoms with E-state index in [4.69, 9.17) is 14.3 Å². The van der Waals surface area contributed by atoms with Gasteiger partial charge in [0, 0.05) is 36.9 Å². The molecule has 1 aliphatic rings. The number of ether oxygens (including phenoxy) is 2. The standard InChI is InChI=1S/C49H97NO4/c1-9-11-13-15-17-19-21-23-25-27-29-31-33-35-37-39-41-52-49(7,8)44-53-50-47(3,4)42-45(43-48(50,5)6)54-46(51)40-38-36-34-32-30-28-26-24-22-20-18-16-14-12-10-2/h45H,9-44H2,1-8H3. The molecule has 1 saturated heterocycles. The number of unbranched alkanes of at least 4 members (excludes halogenated alkanes) is 29. The van der Waals surface area contributed by atoms with Crippen LogP contribution in [0.25, 0.3) is 0 Å². The fraction of sp³-hybridized carbons (Fsp3) is 0.980. The summed E-state index contributed by atoms with van der Waals surface area (Å²) < 4.78 is 12.4. The van der Waals surface area contributed by atoms with E-state index in [2.05, 4.69) is 60.5 Å². The number of piperidine rings is 1. The Morgan fingerprint density at radius 1 is 0.519 bits per heavy atom. The zero-order valence-corrected chi connectivity index (χ0v) is 38.1. The molecule has 322 valence electrons. The van der Waals surface area contributed by atoms with Crippen LogP contribution in [0.5, 0.6) is 0 Å². The van der Waals surface area contributed by atoms with Crippen LogP contribution < -0.4 is 0 Å². The van der Waals surface area contributed by atoms with E-state index < -0.39 is 0 Å². The molecule has 0 aliphatic carbocycles. The Morgan fingerprint density at radius 3 is 1.19 bits per heavy atom. The zero-order chi connectivity index (χ0) is 39.8. The van der Waals surface area contributed by atoms with Gasteiger partial charge in [0.1, 0.15) is 6.10 Å². The molecule has 0 aromatic rings.